The average molecular weight is 284 g/mol. The van der Waals surface area contributed by atoms with Crippen LogP contribution in [0.25, 0.3) is 0 Å². The fourth-order valence-corrected chi connectivity index (χ4v) is 3.22. The molecule has 0 aliphatic carbocycles. The zero-order valence-electron chi connectivity index (χ0n) is 6.92. The second-order valence-corrected chi connectivity index (χ2v) is 5.57. The molecule has 0 unspecified atom stereocenters. The Morgan fingerprint density at radius 3 is 2.46 bits per heavy atom. The van der Waals surface area contributed by atoms with Gasteiger partial charge in [0.2, 0.25) is 0 Å². The molecule has 0 bridgehead atoms. The summed E-state index contributed by atoms with van der Waals surface area (Å²) in [6.07, 6.45) is 1.17. The number of halogens is 2. The molecule has 1 rings (SSSR count). The Bertz CT molecular complexity index is 414. The average Bonchev–Trinajstić information content (AvgIpc) is 2.02. The van der Waals surface area contributed by atoms with Gasteiger partial charge in [-0.15, -0.1) is 0 Å². The molecule has 0 saturated carbocycles. The van der Waals surface area contributed by atoms with Gasteiger partial charge in [-0.3, -0.25) is 0 Å². The van der Waals surface area contributed by atoms with Crippen LogP contribution in [-0.4, -0.2) is 14.7 Å². The van der Waals surface area contributed by atoms with Crippen LogP contribution in [0.4, 0.5) is 0 Å². The van der Waals surface area contributed by atoms with Gasteiger partial charge < -0.3 is 0 Å². The zero-order valence-corrected chi connectivity index (χ0v) is 10.1. The lowest BCUT2D eigenvalue weighted by Gasteiger charge is -2.06. The van der Waals surface area contributed by atoms with Gasteiger partial charge in [0.1, 0.15) is 0 Å². The third-order valence-electron chi connectivity index (χ3n) is 1.61. The van der Waals surface area contributed by atoms with Crippen LogP contribution in [-0.2, 0) is 15.2 Å². The third kappa shape index (κ3) is 2.45. The summed E-state index contributed by atoms with van der Waals surface area (Å²) in [7, 11) is -3.18. The molecule has 72 valence electrons. The molecule has 1 aromatic carbocycles. The largest absolute Gasteiger partial charge is 0.224 e. The Labute approximate surface area is 91.0 Å². The van der Waals surface area contributed by atoms with Crippen molar-refractivity contribution in [2.24, 2.45) is 0 Å². The van der Waals surface area contributed by atoms with Gasteiger partial charge >= 0.3 is 0 Å². The molecule has 0 amide bonds. The molecule has 1 aromatic rings. The second-order valence-electron chi connectivity index (χ2n) is 2.62. The summed E-state index contributed by atoms with van der Waals surface area (Å²) < 4.78 is 22.6. The van der Waals surface area contributed by atoms with Crippen molar-refractivity contribution in [1.82, 2.24) is 0 Å². The maximum absolute atomic E-state index is 11.3. The van der Waals surface area contributed by atoms with Crippen molar-refractivity contribution in [1.29, 1.82) is 0 Å². The number of benzene rings is 1. The molecule has 0 radical (unpaired) electrons. The van der Waals surface area contributed by atoms with Gasteiger partial charge in [-0.1, -0.05) is 33.6 Å². The molecule has 0 atom stereocenters. The quantitative estimate of drug-likeness (QED) is 0.782. The lowest BCUT2D eigenvalue weighted by atomic mass is 10.2. The summed E-state index contributed by atoms with van der Waals surface area (Å²) in [6.45, 7) is 0. The minimum Gasteiger partial charge on any atom is -0.224 e. The standard InChI is InChI=1S/C8H8BrClO2S/c1-13(11,12)8-4-2-3-7(10)6(8)5-9/h2-4H,5H2,1H3. The van der Waals surface area contributed by atoms with E-state index in [1.807, 2.05) is 0 Å². The van der Waals surface area contributed by atoms with Crippen LogP contribution >= 0.6 is 27.5 Å². The third-order valence-corrected chi connectivity index (χ3v) is 3.71. The van der Waals surface area contributed by atoms with Crippen LogP contribution in [0.2, 0.25) is 5.02 Å². The molecule has 0 saturated heterocycles. The Kier molecular flexibility index (Phi) is 3.38. The van der Waals surface area contributed by atoms with Gasteiger partial charge in [-0.25, -0.2) is 8.42 Å². The van der Waals surface area contributed by atoms with Crippen molar-refractivity contribution in [3.05, 3.63) is 28.8 Å². The van der Waals surface area contributed by atoms with Gasteiger partial charge in [0.25, 0.3) is 0 Å². The molecule has 0 heterocycles. The monoisotopic (exact) mass is 282 g/mol. The van der Waals surface area contributed by atoms with E-state index in [1.165, 1.54) is 6.26 Å². The van der Waals surface area contributed by atoms with E-state index in [4.69, 9.17) is 11.6 Å². The molecule has 13 heavy (non-hydrogen) atoms. The van der Waals surface area contributed by atoms with Gasteiger partial charge in [-0.05, 0) is 17.7 Å². The van der Waals surface area contributed by atoms with E-state index in [9.17, 15) is 8.42 Å². The molecular weight excluding hydrogens is 276 g/mol. The van der Waals surface area contributed by atoms with Crippen LogP contribution in [0, 0.1) is 0 Å². The lowest BCUT2D eigenvalue weighted by Crippen LogP contribution is -2.01. The first-order valence-electron chi connectivity index (χ1n) is 3.50. The minimum atomic E-state index is -3.18. The maximum atomic E-state index is 11.3. The topological polar surface area (TPSA) is 34.1 Å². The normalized spacial score (nSPS) is 11.6. The van der Waals surface area contributed by atoms with Crippen molar-refractivity contribution in [2.45, 2.75) is 10.2 Å². The first-order valence-corrected chi connectivity index (χ1v) is 6.89. The maximum Gasteiger partial charge on any atom is 0.175 e. The summed E-state index contributed by atoms with van der Waals surface area (Å²) in [5.41, 5.74) is 0.617. The molecule has 0 fully saturated rings. The molecule has 0 aromatic heterocycles. The summed E-state index contributed by atoms with van der Waals surface area (Å²) in [4.78, 5) is 0.289. The van der Waals surface area contributed by atoms with Gasteiger partial charge in [0, 0.05) is 16.6 Å². The van der Waals surface area contributed by atoms with Crippen molar-refractivity contribution in [2.75, 3.05) is 6.26 Å². The summed E-state index contributed by atoms with van der Waals surface area (Å²) in [5, 5.41) is 0.912. The SMILES string of the molecule is CS(=O)(=O)c1cccc(Cl)c1CBr. The number of sulfone groups is 1. The predicted molar refractivity (Wildman–Crippen MR) is 57.2 cm³/mol. The molecule has 0 spiro atoms. The second kappa shape index (κ2) is 3.98. The molecule has 0 N–H and O–H groups in total. The van der Waals surface area contributed by atoms with Crippen molar-refractivity contribution in [3.8, 4) is 0 Å². The Morgan fingerprint density at radius 2 is 2.08 bits per heavy atom. The highest BCUT2D eigenvalue weighted by molar-refractivity contribution is 9.08. The highest BCUT2D eigenvalue weighted by Gasteiger charge is 2.14. The van der Waals surface area contributed by atoms with E-state index < -0.39 is 9.84 Å². The summed E-state index contributed by atoms with van der Waals surface area (Å²) in [5.74, 6) is 0. The summed E-state index contributed by atoms with van der Waals surface area (Å²) in [6, 6.07) is 4.86. The van der Waals surface area contributed by atoms with Gasteiger partial charge in [0.15, 0.2) is 9.84 Å². The van der Waals surface area contributed by atoms with Crippen LogP contribution in [0.3, 0.4) is 0 Å². The van der Waals surface area contributed by atoms with Crippen LogP contribution in [0.1, 0.15) is 5.56 Å². The molecular formula is C8H8BrClO2S. The van der Waals surface area contributed by atoms with E-state index in [1.54, 1.807) is 18.2 Å². The lowest BCUT2D eigenvalue weighted by molar-refractivity contribution is 0.601. The Hall–Kier alpha value is -0.0600. The molecule has 0 aliphatic heterocycles. The van der Waals surface area contributed by atoms with E-state index in [0.29, 0.717) is 15.9 Å². The molecule has 0 aliphatic rings. The smallest absolute Gasteiger partial charge is 0.175 e. The van der Waals surface area contributed by atoms with E-state index in [0.717, 1.165) is 0 Å². The Morgan fingerprint density at radius 1 is 1.46 bits per heavy atom. The van der Waals surface area contributed by atoms with Crippen LogP contribution < -0.4 is 0 Å². The first-order chi connectivity index (χ1) is 5.96. The minimum absolute atomic E-state index is 0.289. The van der Waals surface area contributed by atoms with Crippen molar-refractivity contribution < 1.29 is 8.42 Å². The zero-order chi connectivity index (χ0) is 10.1. The van der Waals surface area contributed by atoms with E-state index in [2.05, 4.69) is 15.9 Å². The predicted octanol–water partition coefficient (Wildman–Crippen LogP) is 2.64. The number of alkyl halides is 1. The van der Waals surface area contributed by atoms with E-state index in [-0.39, 0.29) is 4.90 Å². The molecule has 2 nitrogen and oxygen atoms in total. The number of hydrogen-bond donors (Lipinski definition) is 0. The number of rotatable bonds is 2. The highest BCUT2D eigenvalue weighted by atomic mass is 79.9. The highest BCUT2D eigenvalue weighted by Crippen LogP contribution is 2.25. The number of hydrogen-bond acceptors (Lipinski definition) is 2. The first kappa shape index (κ1) is 11.0. The van der Waals surface area contributed by atoms with Crippen LogP contribution in [0.15, 0.2) is 23.1 Å². The fourth-order valence-electron chi connectivity index (χ4n) is 1.02. The van der Waals surface area contributed by atoms with Gasteiger partial charge in [0.05, 0.1) is 4.90 Å². The van der Waals surface area contributed by atoms with E-state index >= 15 is 0 Å². The molecule has 5 heteroatoms. The summed E-state index contributed by atoms with van der Waals surface area (Å²) >= 11 is 9.04. The van der Waals surface area contributed by atoms with Crippen molar-refractivity contribution in [3.63, 3.8) is 0 Å². The van der Waals surface area contributed by atoms with Crippen LogP contribution in [0.5, 0.6) is 0 Å². The Balaban J connectivity index is 3.47. The van der Waals surface area contributed by atoms with Crippen molar-refractivity contribution >= 4 is 37.4 Å². The van der Waals surface area contributed by atoms with Gasteiger partial charge in [-0.2, -0.15) is 0 Å². The fraction of sp³-hybridized carbons (Fsp3) is 0.250.